The van der Waals surface area contributed by atoms with Crippen molar-refractivity contribution in [3.63, 3.8) is 0 Å². The van der Waals surface area contributed by atoms with Crippen molar-refractivity contribution in [3.8, 4) is 5.88 Å². The fraction of sp³-hybridized carbons (Fsp3) is 0.737. The Hall–Kier alpha value is -1.67. The van der Waals surface area contributed by atoms with Gasteiger partial charge in [0.05, 0.1) is 11.7 Å². The number of nitrogens with one attached hydrogen (secondary N) is 2. The molecule has 2 heterocycles. The van der Waals surface area contributed by atoms with Gasteiger partial charge < -0.3 is 14.8 Å². The number of anilines is 2. The van der Waals surface area contributed by atoms with Gasteiger partial charge in [0.1, 0.15) is 5.82 Å². The van der Waals surface area contributed by atoms with E-state index in [0.29, 0.717) is 24.3 Å². The molecular weight excluding hydrogens is 360 g/mol. The van der Waals surface area contributed by atoms with Gasteiger partial charge in [0.25, 0.3) is 0 Å². The van der Waals surface area contributed by atoms with Crippen LogP contribution in [0.1, 0.15) is 47.1 Å². The van der Waals surface area contributed by atoms with Gasteiger partial charge in [-0.1, -0.05) is 41.5 Å². The van der Waals surface area contributed by atoms with Crippen LogP contribution in [0.25, 0.3) is 0 Å². The van der Waals surface area contributed by atoms with Gasteiger partial charge in [-0.25, -0.2) is 0 Å². The second kappa shape index (κ2) is 7.75. The van der Waals surface area contributed by atoms with E-state index in [1.54, 1.807) is 0 Å². The molecule has 1 aliphatic rings. The number of rotatable bonds is 4. The summed E-state index contributed by atoms with van der Waals surface area (Å²) in [7, 11) is -1.21. The zero-order valence-corrected chi connectivity index (χ0v) is 19.0. The highest BCUT2D eigenvalue weighted by Gasteiger charge is 2.37. The third kappa shape index (κ3) is 5.41. The van der Waals surface area contributed by atoms with Crippen molar-refractivity contribution in [2.24, 2.45) is 16.7 Å². The number of aromatic nitrogens is 2. The number of amides is 1. The van der Waals surface area contributed by atoms with Gasteiger partial charge in [-0.15, -0.1) is 0 Å². The van der Waals surface area contributed by atoms with Gasteiger partial charge in [0, 0.05) is 17.9 Å². The van der Waals surface area contributed by atoms with E-state index in [1.807, 2.05) is 20.8 Å². The maximum absolute atomic E-state index is 12.2. The van der Waals surface area contributed by atoms with Crippen molar-refractivity contribution >= 4 is 26.7 Å². The standard InChI is InChI=1S/C19H34N4O3Si/c1-18(2,3)13(26-27(7)8)11-9-12-14(20-10-11)21-17(22-15(12)24)23-16(25)19(4,5)6/h11,13,27H,9-10H2,1-8H3,(H3,20,21,22,23,24,25). The molecule has 1 aromatic rings. The second-order valence-corrected chi connectivity index (χ2v) is 12.1. The van der Waals surface area contributed by atoms with Gasteiger partial charge in [-0.3, -0.25) is 10.1 Å². The van der Waals surface area contributed by atoms with Crippen LogP contribution in [0.2, 0.25) is 13.1 Å². The molecule has 3 N–H and O–H groups in total. The first-order valence-electron chi connectivity index (χ1n) is 9.59. The van der Waals surface area contributed by atoms with Gasteiger partial charge in [0.2, 0.25) is 17.7 Å². The molecule has 0 spiro atoms. The Morgan fingerprint density at radius 1 is 1.26 bits per heavy atom. The van der Waals surface area contributed by atoms with Crippen molar-refractivity contribution in [1.82, 2.24) is 9.97 Å². The van der Waals surface area contributed by atoms with Crippen LogP contribution in [-0.2, 0) is 15.6 Å². The quantitative estimate of drug-likeness (QED) is 0.679. The Labute approximate surface area is 164 Å². The highest BCUT2D eigenvalue weighted by Crippen LogP contribution is 2.37. The summed E-state index contributed by atoms with van der Waals surface area (Å²) in [6, 6.07) is 0. The van der Waals surface area contributed by atoms with E-state index in [1.165, 1.54) is 0 Å². The van der Waals surface area contributed by atoms with Crippen molar-refractivity contribution < 1.29 is 14.3 Å². The average molecular weight is 395 g/mol. The molecule has 1 aliphatic heterocycles. The van der Waals surface area contributed by atoms with Crippen molar-refractivity contribution in [2.45, 2.75) is 67.2 Å². The van der Waals surface area contributed by atoms with Crippen molar-refractivity contribution in [1.29, 1.82) is 0 Å². The molecule has 0 aromatic carbocycles. The zero-order chi connectivity index (χ0) is 20.6. The van der Waals surface area contributed by atoms with E-state index >= 15 is 0 Å². The highest BCUT2D eigenvalue weighted by atomic mass is 28.3. The van der Waals surface area contributed by atoms with Crippen LogP contribution in [0.15, 0.2) is 0 Å². The molecule has 7 nitrogen and oxygen atoms in total. The third-order valence-corrected chi connectivity index (χ3v) is 5.43. The molecule has 2 rings (SSSR count). The summed E-state index contributed by atoms with van der Waals surface area (Å²) in [5.74, 6) is 0.638. The Kier molecular flexibility index (Phi) is 6.21. The topological polar surface area (TPSA) is 96.4 Å². The maximum Gasteiger partial charge on any atom is 0.234 e. The summed E-state index contributed by atoms with van der Waals surface area (Å²) in [6.07, 6.45) is 0.731. The number of hydrogen-bond donors (Lipinski definition) is 3. The first-order valence-corrected chi connectivity index (χ1v) is 12.4. The van der Waals surface area contributed by atoms with Gasteiger partial charge >= 0.3 is 0 Å². The lowest BCUT2D eigenvalue weighted by molar-refractivity contribution is -0.123. The molecule has 1 aromatic heterocycles. The molecule has 0 radical (unpaired) electrons. The summed E-state index contributed by atoms with van der Waals surface area (Å²) < 4.78 is 6.34. The molecule has 0 aliphatic carbocycles. The van der Waals surface area contributed by atoms with Crippen LogP contribution >= 0.6 is 0 Å². The number of carbonyl (C=O) groups is 1. The fourth-order valence-electron chi connectivity index (χ4n) is 3.24. The van der Waals surface area contributed by atoms with Crippen LogP contribution in [0.3, 0.4) is 0 Å². The van der Waals surface area contributed by atoms with E-state index in [9.17, 15) is 9.90 Å². The molecule has 2 unspecified atom stereocenters. The van der Waals surface area contributed by atoms with Crippen LogP contribution in [0, 0.1) is 16.7 Å². The molecule has 27 heavy (non-hydrogen) atoms. The van der Waals surface area contributed by atoms with Crippen molar-refractivity contribution in [3.05, 3.63) is 5.56 Å². The predicted molar refractivity (Wildman–Crippen MR) is 111 cm³/mol. The Balaban J connectivity index is 2.24. The number of nitrogens with zero attached hydrogens (tertiary/aromatic N) is 2. The summed E-state index contributed by atoms with van der Waals surface area (Å²) in [5.41, 5.74) is 0.118. The maximum atomic E-state index is 12.2. The lowest BCUT2D eigenvalue weighted by Gasteiger charge is -2.40. The van der Waals surface area contributed by atoms with E-state index in [2.05, 4.69) is 54.5 Å². The second-order valence-electron chi connectivity index (χ2n) is 9.72. The zero-order valence-electron chi connectivity index (χ0n) is 17.8. The van der Waals surface area contributed by atoms with E-state index in [0.717, 1.165) is 0 Å². The molecule has 2 atom stereocenters. The largest absolute Gasteiger partial charge is 0.493 e. The van der Waals surface area contributed by atoms with Crippen LogP contribution < -0.4 is 10.6 Å². The smallest absolute Gasteiger partial charge is 0.234 e. The summed E-state index contributed by atoms with van der Waals surface area (Å²) in [6.45, 7) is 17.1. The average Bonchev–Trinajstić information content (AvgIpc) is 2.50. The fourth-order valence-corrected chi connectivity index (χ4v) is 4.46. The molecular formula is C19H34N4O3Si. The molecule has 152 valence electrons. The lowest BCUT2D eigenvalue weighted by Crippen LogP contribution is -2.44. The first-order chi connectivity index (χ1) is 12.3. The highest BCUT2D eigenvalue weighted by molar-refractivity contribution is 6.48. The first kappa shape index (κ1) is 21.6. The van der Waals surface area contributed by atoms with E-state index in [-0.39, 0.29) is 35.2 Å². The number of aromatic hydroxyl groups is 1. The van der Waals surface area contributed by atoms with Gasteiger partial charge in [-0.05, 0) is 24.9 Å². The summed E-state index contributed by atoms with van der Waals surface area (Å²) in [5, 5.41) is 16.4. The number of carbonyl (C=O) groups excluding carboxylic acids is 1. The summed E-state index contributed by atoms with van der Waals surface area (Å²) in [4.78, 5) is 20.7. The monoisotopic (exact) mass is 394 g/mol. The lowest BCUT2D eigenvalue weighted by atomic mass is 9.78. The molecule has 0 bridgehead atoms. The number of hydrogen-bond acceptors (Lipinski definition) is 6. The van der Waals surface area contributed by atoms with E-state index < -0.39 is 14.5 Å². The summed E-state index contributed by atoms with van der Waals surface area (Å²) >= 11 is 0. The molecule has 8 heteroatoms. The Bertz CT molecular complexity index is 695. The van der Waals surface area contributed by atoms with Crippen molar-refractivity contribution in [2.75, 3.05) is 17.2 Å². The minimum Gasteiger partial charge on any atom is -0.493 e. The molecule has 1 amide bonds. The minimum absolute atomic E-state index is 0.00177. The Morgan fingerprint density at radius 3 is 2.41 bits per heavy atom. The van der Waals surface area contributed by atoms with E-state index in [4.69, 9.17) is 4.43 Å². The van der Waals surface area contributed by atoms with Gasteiger partial charge in [-0.2, -0.15) is 9.97 Å². The van der Waals surface area contributed by atoms with Crippen LogP contribution in [0.5, 0.6) is 5.88 Å². The van der Waals surface area contributed by atoms with Crippen LogP contribution in [0.4, 0.5) is 11.8 Å². The Morgan fingerprint density at radius 2 is 1.89 bits per heavy atom. The predicted octanol–water partition coefficient (Wildman–Crippen LogP) is 3.17. The SMILES string of the molecule is C[SiH](C)OC(C1CNc2nc(NC(=O)C(C)(C)C)nc(O)c2C1)C(C)(C)C. The van der Waals surface area contributed by atoms with Gasteiger partial charge in [0.15, 0.2) is 9.04 Å². The van der Waals surface area contributed by atoms with Crippen LogP contribution in [-0.4, -0.2) is 42.7 Å². The molecule has 0 saturated heterocycles. The minimum atomic E-state index is -1.21. The number of fused-ring (bicyclic) bond motifs is 1. The molecule has 0 fully saturated rings. The normalized spacial score (nSPS) is 18.6. The molecule has 0 saturated carbocycles. The third-order valence-electron chi connectivity index (χ3n) is 4.59.